The fraction of sp³-hybridized carbons (Fsp3) is 0.360. The maximum Gasteiger partial charge on any atom is 0.408 e. The molecule has 1 aromatic carbocycles. The van der Waals surface area contributed by atoms with Gasteiger partial charge in [-0.05, 0) is 65.3 Å². The van der Waals surface area contributed by atoms with Gasteiger partial charge in [0.05, 0.1) is 17.6 Å². The molecule has 0 bridgehead atoms. The predicted molar refractivity (Wildman–Crippen MR) is 127 cm³/mol. The maximum absolute atomic E-state index is 13.3. The summed E-state index contributed by atoms with van der Waals surface area (Å²) in [7, 11) is 1.83. The molecule has 33 heavy (non-hydrogen) atoms. The number of alkyl carbamates (subject to hydrolysis) is 1. The molecule has 0 saturated heterocycles. The van der Waals surface area contributed by atoms with Crippen LogP contribution in [0.1, 0.15) is 50.4 Å². The molecule has 0 spiro atoms. The molecule has 8 nitrogen and oxygen atoms in total. The number of carbonyl (C=O) groups is 1. The van der Waals surface area contributed by atoms with E-state index in [0.29, 0.717) is 39.1 Å². The lowest BCUT2D eigenvalue weighted by atomic mass is 9.99. The van der Waals surface area contributed by atoms with Crippen molar-refractivity contribution in [1.82, 2.24) is 20.1 Å². The SMILES string of the molecule is Cc1cc([C@@H](C)NC(=O)OC(C)(C)C)c2oc(-c3ccc4nn(C)cc4n3)c(C)c(=O)c2c1. The van der Waals surface area contributed by atoms with E-state index in [4.69, 9.17) is 9.15 Å². The first-order chi connectivity index (χ1) is 15.4. The van der Waals surface area contributed by atoms with Gasteiger partial charge in [-0.3, -0.25) is 9.48 Å². The van der Waals surface area contributed by atoms with Gasteiger partial charge >= 0.3 is 6.09 Å². The van der Waals surface area contributed by atoms with Crippen LogP contribution in [0.15, 0.2) is 39.7 Å². The minimum absolute atomic E-state index is 0.131. The van der Waals surface area contributed by atoms with E-state index in [1.165, 1.54) is 0 Å². The average molecular weight is 449 g/mol. The minimum Gasteiger partial charge on any atom is -0.454 e. The molecular weight excluding hydrogens is 420 g/mol. The molecule has 4 aromatic rings. The summed E-state index contributed by atoms with van der Waals surface area (Å²) in [5, 5.41) is 7.65. The highest BCUT2D eigenvalue weighted by atomic mass is 16.6. The first-order valence-corrected chi connectivity index (χ1v) is 10.8. The molecule has 3 heterocycles. The molecule has 0 aliphatic rings. The van der Waals surface area contributed by atoms with Crippen molar-refractivity contribution in [3.8, 4) is 11.5 Å². The van der Waals surface area contributed by atoms with Crippen LogP contribution in [0.4, 0.5) is 4.79 Å². The molecule has 3 aromatic heterocycles. The van der Waals surface area contributed by atoms with Crippen molar-refractivity contribution in [3.63, 3.8) is 0 Å². The summed E-state index contributed by atoms with van der Waals surface area (Å²) in [6, 6.07) is 6.91. The highest BCUT2D eigenvalue weighted by Crippen LogP contribution is 2.31. The summed E-state index contributed by atoms with van der Waals surface area (Å²) in [4.78, 5) is 30.3. The Morgan fingerprint density at radius 1 is 1.18 bits per heavy atom. The summed E-state index contributed by atoms with van der Waals surface area (Å²) >= 11 is 0. The van der Waals surface area contributed by atoms with Gasteiger partial charge in [0.1, 0.15) is 27.9 Å². The third-order valence-electron chi connectivity index (χ3n) is 5.30. The molecule has 0 aliphatic heterocycles. The first-order valence-electron chi connectivity index (χ1n) is 10.8. The van der Waals surface area contributed by atoms with Crippen LogP contribution in [0, 0.1) is 13.8 Å². The van der Waals surface area contributed by atoms with E-state index < -0.39 is 17.7 Å². The molecular formula is C25H28N4O4. The average Bonchev–Trinajstić information content (AvgIpc) is 3.08. The number of carbonyl (C=O) groups excluding carboxylic acids is 1. The standard InChI is InChI=1S/C25H28N4O4/c1-13-10-16(15(3)26-24(31)33-25(4,5)6)23-17(11-13)21(30)14(2)22(32-23)19-9-8-18-20(27-19)12-29(7)28-18/h8-12,15H,1-7H3,(H,26,31)/t15-/m1/s1. The molecule has 8 heteroatoms. The number of amides is 1. The van der Waals surface area contributed by atoms with Crippen molar-refractivity contribution >= 4 is 28.1 Å². The van der Waals surface area contributed by atoms with Gasteiger partial charge in [0.15, 0.2) is 11.2 Å². The van der Waals surface area contributed by atoms with Crippen LogP contribution in [0.25, 0.3) is 33.5 Å². The van der Waals surface area contributed by atoms with Crippen molar-refractivity contribution in [2.45, 2.75) is 53.2 Å². The van der Waals surface area contributed by atoms with Gasteiger partial charge in [0.25, 0.3) is 0 Å². The van der Waals surface area contributed by atoms with Crippen LogP contribution < -0.4 is 10.7 Å². The van der Waals surface area contributed by atoms with E-state index in [-0.39, 0.29) is 5.43 Å². The lowest BCUT2D eigenvalue weighted by Gasteiger charge is -2.22. The van der Waals surface area contributed by atoms with Crippen LogP contribution in [0.2, 0.25) is 0 Å². The number of aryl methyl sites for hydroxylation is 2. The lowest BCUT2D eigenvalue weighted by molar-refractivity contribution is 0.0508. The molecule has 0 radical (unpaired) electrons. The monoisotopic (exact) mass is 448 g/mol. The molecule has 1 N–H and O–H groups in total. The van der Waals surface area contributed by atoms with E-state index >= 15 is 0 Å². The summed E-state index contributed by atoms with van der Waals surface area (Å²) in [6.07, 6.45) is 1.28. The number of fused-ring (bicyclic) bond motifs is 2. The number of hydrogen-bond donors (Lipinski definition) is 1. The second-order valence-corrected chi connectivity index (χ2v) is 9.39. The van der Waals surface area contributed by atoms with Crippen LogP contribution in [-0.4, -0.2) is 26.5 Å². The van der Waals surface area contributed by atoms with E-state index in [9.17, 15) is 9.59 Å². The molecule has 0 aliphatic carbocycles. The van der Waals surface area contributed by atoms with E-state index in [2.05, 4.69) is 15.4 Å². The van der Waals surface area contributed by atoms with Crippen molar-refractivity contribution in [3.05, 3.63) is 57.4 Å². The quantitative estimate of drug-likeness (QED) is 0.476. The van der Waals surface area contributed by atoms with E-state index in [0.717, 1.165) is 11.1 Å². The normalized spacial score (nSPS) is 12.8. The van der Waals surface area contributed by atoms with Gasteiger partial charge < -0.3 is 14.5 Å². The van der Waals surface area contributed by atoms with Crippen LogP contribution in [0.3, 0.4) is 0 Å². The number of aromatic nitrogens is 3. The maximum atomic E-state index is 13.3. The molecule has 0 fully saturated rings. The van der Waals surface area contributed by atoms with Crippen molar-refractivity contribution in [1.29, 1.82) is 0 Å². The van der Waals surface area contributed by atoms with Gasteiger partial charge in [-0.2, -0.15) is 5.10 Å². The van der Waals surface area contributed by atoms with Crippen molar-refractivity contribution < 1.29 is 13.9 Å². The largest absolute Gasteiger partial charge is 0.454 e. The third-order valence-corrected chi connectivity index (χ3v) is 5.30. The smallest absolute Gasteiger partial charge is 0.408 e. The fourth-order valence-electron chi connectivity index (χ4n) is 3.84. The van der Waals surface area contributed by atoms with Crippen molar-refractivity contribution in [2.24, 2.45) is 7.05 Å². The second kappa shape index (κ2) is 8.03. The molecule has 172 valence electrons. The van der Waals surface area contributed by atoms with E-state index in [1.807, 2.05) is 39.2 Å². The minimum atomic E-state index is -0.619. The Morgan fingerprint density at radius 3 is 2.61 bits per heavy atom. The Labute approximate surface area is 191 Å². The zero-order valence-electron chi connectivity index (χ0n) is 19.9. The molecule has 1 amide bonds. The van der Waals surface area contributed by atoms with Crippen LogP contribution >= 0.6 is 0 Å². The number of pyridine rings is 1. The predicted octanol–water partition coefficient (Wildman–Crippen LogP) is 4.94. The topological polar surface area (TPSA) is 99.2 Å². The van der Waals surface area contributed by atoms with Crippen LogP contribution in [0.5, 0.6) is 0 Å². The van der Waals surface area contributed by atoms with Gasteiger partial charge in [0, 0.05) is 18.2 Å². The number of benzene rings is 1. The van der Waals surface area contributed by atoms with Crippen molar-refractivity contribution in [2.75, 3.05) is 0 Å². The third kappa shape index (κ3) is 4.46. The molecule has 0 saturated carbocycles. The number of ether oxygens (including phenoxy) is 1. The van der Waals surface area contributed by atoms with Gasteiger partial charge in [0.2, 0.25) is 0 Å². The Balaban J connectivity index is 1.85. The second-order valence-electron chi connectivity index (χ2n) is 9.39. The van der Waals surface area contributed by atoms with Gasteiger partial charge in [-0.25, -0.2) is 9.78 Å². The molecule has 0 unspecified atom stereocenters. The Hall–Kier alpha value is -3.68. The summed E-state index contributed by atoms with van der Waals surface area (Å²) in [5.41, 5.74) is 3.74. The Morgan fingerprint density at radius 2 is 1.91 bits per heavy atom. The Kier molecular flexibility index (Phi) is 5.47. The summed E-state index contributed by atoms with van der Waals surface area (Å²) in [5.74, 6) is 0.396. The zero-order valence-corrected chi connectivity index (χ0v) is 19.9. The highest BCUT2D eigenvalue weighted by molar-refractivity contribution is 5.85. The summed E-state index contributed by atoms with van der Waals surface area (Å²) in [6.45, 7) is 10.9. The molecule has 1 atom stereocenters. The number of hydrogen-bond acceptors (Lipinski definition) is 6. The lowest BCUT2D eigenvalue weighted by Crippen LogP contribution is -2.34. The van der Waals surface area contributed by atoms with E-state index in [1.54, 1.807) is 44.5 Å². The number of nitrogens with one attached hydrogen (secondary N) is 1. The number of rotatable bonds is 3. The zero-order chi connectivity index (χ0) is 24.1. The summed E-state index contributed by atoms with van der Waals surface area (Å²) < 4.78 is 13.4. The fourth-order valence-corrected chi connectivity index (χ4v) is 3.84. The first kappa shape index (κ1) is 22.5. The molecule has 4 rings (SSSR count). The van der Waals surface area contributed by atoms with Gasteiger partial charge in [-0.15, -0.1) is 0 Å². The Bertz CT molecular complexity index is 1440. The number of nitrogens with zero attached hydrogens (tertiary/aromatic N) is 3. The highest BCUT2D eigenvalue weighted by Gasteiger charge is 2.23. The van der Waals surface area contributed by atoms with Gasteiger partial charge in [-0.1, -0.05) is 6.07 Å². The van der Waals surface area contributed by atoms with Crippen LogP contribution in [-0.2, 0) is 11.8 Å².